The minimum Gasteiger partial charge on any atom is -0.300 e. The van der Waals surface area contributed by atoms with Crippen molar-refractivity contribution in [3.05, 3.63) is 6.33 Å². The van der Waals surface area contributed by atoms with E-state index in [-0.39, 0.29) is 11.8 Å². The summed E-state index contributed by atoms with van der Waals surface area (Å²) in [5.74, 6) is 0.243. The van der Waals surface area contributed by atoms with Crippen LogP contribution in [0, 0.1) is 5.92 Å². The Morgan fingerprint density at radius 3 is 3.00 bits per heavy atom. The van der Waals surface area contributed by atoms with E-state index < -0.39 is 0 Å². The quantitative estimate of drug-likeness (QED) is 0.881. The molecule has 90 valence electrons. The molecule has 1 saturated carbocycles. The van der Waals surface area contributed by atoms with Gasteiger partial charge >= 0.3 is 0 Å². The Kier molecular flexibility index (Phi) is 2.76. The van der Waals surface area contributed by atoms with E-state index in [4.69, 9.17) is 0 Å². The highest BCUT2D eigenvalue weighted by atomic mass is 32.1. The Balaban J connectivity index is 1.69. The van der Waals surface area contributed by atoms with Gasteiger partial charge in [0.15, 0.2) is 0 Å². The van der Waals surface area contributed by atoms with Crippen molar-refractivity contribution < 1.29 is 4.79 Å². The van der Waals surface area contributed by atoms with Crippen LogP contribution in [0.3, 0.4) is 0 Å². The fourth-order valence-corrected chi connectivity index (χ4v) is 2.91. The van der Waals surface area contributed by atoms with Gasteiger partial charge in [0.1, 0.15) is 6.33 Å². The Morgan fingerprint density at radius 2 is 2.24 bits per heavy atom. The van der Waals surface area contributed by atoms with Crippen LogP contribution in [0.1, 0.15) is 32.1 Å². The molecule has 1 fully saturated rings. The van der Waals surface area contributed by atoms with E-state index >= 15 is 0 Å². The first-order valence-electron chi connectivity index (χ1n) is 5.80. The van der Waals surface area contributed by atoms with Crippen LogP contribution in [-0.4, -0.2) is 25.7 Å². The number of rotatable bonds is 2. The maximum atomic E-state index is 12.0. The molecule has 1 N–H and O–H groups in total. The lowest BCUT2D eigenvalue weighted by Gasteiger charge is -2.19. The number of hydrogen-bond acceptors (Lipinski definition) is 5. The van der Waals surface area contributed by atoms with Gasteiger partial charge < -0.3 is 5.32 Å². The number of nitrogens with one attached hydrogen (secondary N) is 1. The highest BCUT2D eigenvalue weighted by Gasteiger charge is 2.22. The molecule has 0 radical (unpaired) electrons. The van der Waals surface area contributed by atoms with Crippen LogP contribution < -0.4 is 5.32 Å². The van der Waals surface area contributed by atoms with Gasteiger partial charge in [-0.05, 0) is 12.8 Å². The number of carbonyl (C=O) groups is 1. The van der Waals surface area contributed by atoms with Gasteiger partial charge in [0.05, 0.1) is 0 Å². The molecule has 0 unspecified atom stereocenters. The lowest BCUT2D eigenvalue weighted by Crippen LogP contribution is -2.24. The van der Waals surface area contributed by atoms with Crippen LogP contribution >= 0.6 is 11.3 Å². The molecule has 0 aromatic carbocycles. The summed E-state index contributed by atoms with van der Waals surface area (Å²) in [5, 5.41) is 15.3. The first-order valence-corrected chi connectivity index (χ1v) is 6.62. The van der Waals surface area contributed by atoms with Gasteiger partial charge in [-0.25, -0.2) is 0 Å². The van der Waals surface area contributed by atoms with Crippen LogP contribution in [0.4, 0.5) is 5.13 Å². The van der Waals surface area contributed by atoms with Crippen LogP contribution in [0.5, 0.6) is 0 Å². The van der Waals surface area contributed by atoms with Crippen molar-refractivity contribution >= 4 is 27.3 Å². The van der Waals surface area contributed by atoms with Crippen molar-refractivity contribution in [2.24, 2.45) is 5.92 Å². The Hall–Kier alpha value is -1.50. The topological polar surface area (TPSA) is 72.2 Å². The lowest BCUT2D eigenvalue weighted by atomic mass is 9.89. The molecule has 3 rings (SSSR count). The fraction of sp³-hybridized carbons (Fsp3) is 0.600. The molecule has 0 atom stereocenters. The molecule has 1 aliphatic rings. The molecule has 0 spiro atoms. The Labute approximate surface area is 102 Å². The van der Waals surface area contributed by atoms with E-state index in [1.54, 1.807) is 4.52 Å². The van der Waals surface area contributed by atoms with E-state index in [2.05, 4.69) is 20.6 Å². The molecule has 0 aliphatic heterocycles. The predicted molar refractivity (Wildman–Crippen MR) is 63.9 cm³/mol. The van der Waals surface area contributed by atoms with Gasteiger partial charge in [0.25, 0.3) is 0 Å². The molecule has 7 heteroatoms. The molecule has 0 bridgehead atoms. The third kappa shape index (κ3) is 2.14. The van der Waals surface area contributed by atoms with Crippen molar-refractivity contribution in [1.29, 1.82) is 0 Å². The van der Waals surface area contributed by atoms with E-state index in [0.29, 0.717) is 10.1 Å². The molecule has 2 heterocycles. The first-order chi connectivity index (χ1) is 8.33. The van der Waals surface area contributed by atoms with Crippen LogP contribution in [0.2, 0.25) is 0 Å². The highest BCUT2D eigenvalue weighted by molar-refractivity contribution is 7.20. The summed E-state index contributed by atoms with van der Waals surface area (Å²) in [5.41, 5.74) is 0. The third-order valence-corrected chi connectivity index (χ3v) is 3.92. The zero-order chi connectivity index (χ0) is 11.7. The average Bonchev–Trinajstić information content (AvgIpc) is 2.90. The number of nitrogens with zero attached hydrogens (tertiary/aromatic N) is 4. The number of aromatic nitrogens is 4. The second-order valence-electron chi connectivity index (χ2n) is 4.29. The molecule has 17 heavy (non-hydrogen) atoms. The number of amides is 1. The first kappa shape index (κ1) is 10.6. The van der Waals surface area contributed by atoms with Gasteiger partial charge in [-0.3, -0.25) is 4.79 Å². The summed E-state index contributed by atoms with van der Waals surface area (Å²) in [4.78, 5) is 12.7. The highest BCUT2D eigenvalue weighted by Crippen LogP contribution is 2.25. The molecule has 6 nitrogen and oxygen atoms in total. The average molecular weight is 251 g/mol. The zero-order valence-corrected chi connectivity index (χ0v) is 10.1. The largest absolute Gasteiger partial charge is 0.300 e. The standard InChI is InChI=1S/C10H13N5OS/c16-8(7-4-2-1-3-5-7)12-9-14-15-6-11-13-10(15)17-9/h6-7H,1-5H2,(H,12,14,16). The molecular formula is C10H13N5OS. The predicted octanol–water partition coefficient (Wildman–Crippen LogP) is 1.70. The number of anilines is 1. The lowest BCUT2D eigenvalue weighted by molar-refractivity contribution is -0.120. The maximum Gasteiger partial charge on any atom is 0.236 e. The molecule has 1 aliphatic carbocycles. The number of fused-ring (bicyclic) bond motifs is 1. The summed E-state index contributed by atoms with van der Waals surface area (Å²) in [6.07, 6.45) is 7.08. The van der Waals surface area contributed by atoms with Crippen LogP contribution in [0.25, 0.3) is 4.96 Å². The zero-order valence-electron chi connectivity index (χ0n) is 9.30. The third-order valence-electron chi connectivity index (χ3n) is 3.09. The minimum absolute atomic E-state index is 0.0923. The maximum absolute atomic E-state index is 12.0. The normalized spacial score (nSPS) is 17.4. The summed E-state index contributed by atoms with van der Waals surface area (Å²) in [6, 6.07) is 0. The van der Waals surface area contributed by atoms with Crippen molar-refractivity contribution in [3.8, 4) is 0 Å². The van der Waals surface area contributed by atoms with E-state index in [0.717, 1.165) is 25.7 Å². The van der Waals surface area contributed by atoms with Gasteiger partial charge in [-0.1, -0.05) is 30.6 Å². The van der Waals surface area contributed by atoms with Gasteiger partial charge in [0.2, 0.25) is 16.0 Å². The van der Waals surface area contributed by atoms with Crippen LogP contribution in [-0.2, 0) is 4.79 Å². The smallest absolute Gasteiger partial charge is 0.236 e. The summed E-state index contributed by atoms with van der Waals surface area (Å²) < 4.78 is 1.57. The van der Waals surface area contributed by atoms with E-state index in [1.807, 2.05) is 0 Å². The monoisotopic (exact) mass is 251 g/mol. The molecule has 2 aromatic rings. The van der Waals surface area contributed by atoms with Crippen LogP contribution in [0.15, 0.2) is 6.33 Å². The summed E-state index contributed by atoms with van der Waals surface area (Å²) in [6.45, 7) is 0. The van der Waals surface area contributed by atoms with E-state index in [9.17, 15) is 4.79 Å². The second kappa shape index (κ2) is 4.40. The second-order valence-corrected chi connectivity index (χ2v) is 5.25. The summed E-state index contributed by atoms with van der Waals surface area (Å²) >= 11 is 1.34. The van der Waals surface area contributed by atoms with Crippen molar-refractivity contribution in [1.82, 2.24) is 19.8 Å². The van der Waals surface area contributed by atoms with Crippen molar-refractivity contribution in [2.75, 3.05) is 5.32 Å². The molecule has 2 aromatic heterocycles. The number of carbonyl (C=O) groups excluding carboxylic acids is 1. The Morgan fingerprint density at radius 1 is 1.41 bits per heavy atom. The Bertz CT molecular complexity index is 499. The van der Waals surface area contributed by atoms with Crippen molar-refractivity contribution in [2.45, 2.75) is 32.1 Å². The van der Waals surface area contributed by atoms with E-state index in [1.165, 1.54) is 24.1 Å². The SMILES string of the molecule is O=C(Nc1nn2cnnc2s1)C1CCCCC1. The van der Waals surface area contributed by atoms with Crippen molar-refractivity contribution in [3.63, 3.8) is 0 Å². The van der Waals surface area contributed by atoms with Gasteiger partial charge in [0, 0.05) is 5.92 Å². The molecule has 1 amide bonds. The molecule has 0 saturated heterocycles. The number of hydrogen-bond donors (Lipinski definition) is 1. The fourth-order valence-electron chi connectivity index (χ4n) is 2.18. The summed E-state index contributed by atoms with van der Waals surface area (Å²) in [7, 11) is 0. The van der Waals surface area contributed by atoms with Gasteiger partial charge in [-0.15, -0.1) is 15.3 Å². The molecular weight excluding hydrogens is 238 g/mol. The van der Waals surface area contributed by atoms with Gasteiger partial charge in [-0.2, -0.15) is 4.52 Å². The minimum atomic E-state index is 0.0923.